The Morgan fingerprint density at radius 3 is 2.52 bits per heavy atom. The molecule has 0 fully saturated rings. The topological polar surface area (TPSA) is 91.4 Å². The first-order valence-electron chi connectivity index (χ1n) is 9.15. The predicted octanol–water partition coefficient (Wildman–Crippen LogP) is 3.61. The minimum absolute atomic E-state index is 0.0152. The van der Waals surface area contributed by atoms with Crippen LogP contribution in [0.25, 0.3) is 0 Å². The SMILES string of the molecule is CCCN(CC(=O)Nc1ccc(OC(C)C)cc1)c1cccc(C(=N)N)c1. The third-order valence-electron chi connectivity index (χ3n) is 3.86. The van der Waals surface area contributed by atoms with E-state index < -0.39 is 0 Å². The Morgan fingerprint density at radius 2 is 1.93 bits per heavy atom. The summed E-state index contributed by atoms with van der Waals surface area (Å²) in [5, 5.41) is 10.5. The smallest absolute Gasteiger partial charge is 0.243 e. The van der Waals surface area contributed by atoms with Gasteiger partial charge in [-0.3, -0.25) is 10.2 Å². The van der Waals surface area contributed by atoms with Gasteiger partial charge in [-0.25, -0.2) is 0 Å². The Balaban J connectivity index is 2.04. The number of carbonyl (C=O) groups excluding carboxylic acids is 1. The van der Waals surface area contributed by atoms with E-state index in [-0.39, 0.29) is 24.4 Å². The van der Waals surface area contributed by atoms with Crippen LogP contribution in [0.5, 0.6) is 5.75 Å². The maximum atomic E-state index is 12.5. The number of anilines is 2. The summed E-state index contributed by atoms with van der Waals surface area (Å²) in [5.74, 6) is 0.687. The molecule has 2 aromatic carbocycles. The fourth-order valence-electron chi connectivity index (χ4n) is 2.70. The van der Waals surface area contributed by atoms with Crippen LogP contribution in [0.15, 0.2) is 48.5 Å². The van der Waals surface area contributed by atoms with Crippen molar-refractivity contribution < 1.29 is 9.53 Å². The van der Waals surface area contributed by atoms with Crippen LogP contribution in [-0.2, 0) is 4.79 Å². The maximum Gasteiger partial charge on any atom is 0.243 e. The molecular formula is C21H28N4O2. The molecule has 0 atom stereocenters. The number of nitrogens with one attached hydrogen (secondary N) is 2. The number of nitrogen functional groups attached to an aromatic ring is 1. The molecule has 1 amide bonds. The van der Waals surface area contributed by atoms with E-state index in [9.17, 15) is 4.79 Å². The van der Waals surface area contributed by atoms with Gasteiger partial charge in [-0.05, 0) is 56.7 Å². The summed E-state index contributed by atoms with van der Waals surface area (Å²) in [6, 6.07) is 14.7. The molecule has 0 saturated heterocycles. The van der Waals surface area contributed by atoms with Crippen LogP contribution >= 0.6 is 0 Å². The Hall–Kier alpha value is -3.02. The maximum absolute atomic E-state index is 12.5. The number of hydrogen-bond donors (Lipinski definition) is 3. The fourth-order valence-corrected chi connectivity index (χ4v) is 2.70. The number of rotatable bonds is 9. The molecule has 0 radical (unpaired) electrons. The number of nitrogens with zero attached hydrogens (tertiary/aromatic N) is 1. The van der Waals surface area contributed by atoms with Crippen molar-refractivity contribution in [2.45, 2.75) is 33.3 Å². The first kappa shape index (κ1) is 20.3. The molecule has 6 nitrogen and oxygen atoms in total. The standard InChI is InChI=1S/C21H28N4O2/c1-4-12-25(18-7-5-6-16(13-18)21(22)23)14-20(26)24-17-8-10-19(11-9-17)27-15(2)3/h5-11,13,15H,4,12,14H2,1-3H3,(H3,22,23)(H,24,26). The Bertz CT molecular complexity index is 772. The quantitative estimate of drug-likeness (QED) is 0.466. The number of benzene rings is 2. The van der Waals surface area contributed by atoms with Crippen molar-refractivity contribution in [3.8, 4) is 5.75 Å². The number of hydrogen-bond acceptors (Lipinski definition) is 4. The van der Waals surface area contributed by atoms with Crippen LogP contribution in [-0.4, -0.2) is 30.9 Å². The van der Waals surface area contributed by atoms with Gasteiger partial charge < -0.3 is 20.7 Å². The van der Waals surface area contributed by atoms with E-state index >= 15 is 0 Å². The molecule has 0 bridgehead atoms. The van der Waals surface area contributed by atoms with Crippen molar-refractivity contribution in [1.82, 2.24) is 0 Å². The third-order valence-corrected chi connectivity index (χ3v) is 3.86. The van der Waals surface area contributed by atoms with Gasteiger partial charge in [-0.1, -0.05) is 19.1 Å². The number of carbonyl (C=O) groups is 1. The number of amidine groups is 1. The molecule has 2 aromatic rings. The molecule has 27 heavy (non-hydrogen) atoms. The number of amides is 1. The van der Waals surface area contributed by atoms with E-state index in [1.807, 2.05) is 61.2 Å². The van der Waals surface area contributed by atoms with Gasteiger partial charge in [-0.2, -0.15) is 0 Å². The summed E-state index contributed by atoms with van der Waals surface area (Å²) in [5.41, 5.74) is 7.83. The van der Waals surface area contributed by atoms with Crippen LogP contribution in [0.3, 0.4) is 0 Å². The minimum atomic E-state index is -0.103. The molecule has 144 valence electrons. The molecule has 4 N–H and O–H groups in total. The predicted molar refractivity (Wildman–Crippen MR) is 111 cm³/mol. The van der Waals surface area contributed by atoms with E-state index in [4.69, 9.17) is 15.9 Å². The van der Waals surface area contributed by atoms with E-state index in [1.165, 1.54) is 0 Å². The molecule has 0 unspecified atom stereocenters. The zero-order chi connectivity index (χ0) is 19.8. The average molecular weight is 368 g/mol. The highest BCUT2D eigenvalue weighted by molar-refractivity contribution is 5.97. The zero-order valence-corrected chi connectivity index (χ0v) is 16.2. The van der Waals surface area contributed by atoms with Crippen LogP contribution in [0.2, 0.25) is 0 Å². The molecule has 0 aliphatic carbocycles. The van der Waals surface area contributed by atoms with E-state index in [2.05, 4.69) is 12.2 Å². The molecule has 0 saturated carbocycles. The summed E-state index contributed by atoms with van der Waals surface area (Å²) >= 11 is 0. The molecule has 0 aromatic heterocycles. The Kier molecular flexibility index (Phi) is 7.23. The van der Waals surface area contributed by atoms with Gasteiger partial charge in [0, 0.05) is 23.5 Å². The second-order valence-corrected chi connectivity index (χ2v) is 6.62. The van der Waals surface area contributed by atoms with Crippen molar-refractivity contribution in [3.63, 3.8) is 0 Å². The van der Waals surface area contributed by atoms with Crippen molar-refractivity contribution >= 4 is 23.1 Å². The van der Waals surface area contributed by atoms with Crippen molar-refractivity contribution in [3.05, 3.63) is 54.1 Å². The highest BCUT2D eigenvalue weighted by Crippen LogP contribution is 2.19. The highest BCUT2D eigenvalue weighted by atomic mass is 16.5. The zero-order valence-electron chi connectivity index (χ0n) is 16.2. The highest BCUT2D eigenvalue weighted by Gasteiger charge is 2.12. The van der Waals surface area contributed by atoms with Crippen LogP contribution in [0.4, 0.5) is 11.4 Å². The second-order valence-electron chi connectivity index (χ2n) is 6.62. The van der Waals surface area contributed by atoms with Gasteiger partial charge in [0.25, 0.3) is 0 Å². The average Bonchev–Trinajstić information content (AvgIpc) is 2.62. The molecule has 0 aliphatic rings. The van der Waals surface area contributed by atoms with Crippen molar-refractivity contribution in [2.75, 3.05) is 23.3 Å². The third kappa shape index (κ3) is 6.33. The number of ether oxygens (including phenoxy) is 1. The van der Waals surface area contributed by atoms with Crippen LogP contribution < -0.4 is 20.7 Å². The second kappa shape index (κ2) is 9.62. The summed E-state index contributed by atoms with van der Waals surface area (Å²) in [6.07, 6.45) is 1.01. The molecule has 0 heterocycles. The lowest BCUT2D eigenvalue weighted by molar-refractivity contribution is -0.115. The molecule has 0 spiro atoms. The Morgan fingerprint density at radius 1 is 1.22 bits per heavy atom. The lowest BCUT2D eigenvalue weighted by atomic mass is 10.1. The lowest BCUT2D eigenvalue weighted by Gasteiger charge is -2.24. The summed E-state index contributed by atoms with van der Waals surface area (Å²) in [7, 11) is 0. The van der Waals surface area contributed by atoms with Crippen molar-refractivity contribution in [2.24, 2.45) is 5.73 Å². The van der Waals surface area contributed by atoms with E-state index in [1.54, 1.807) is 6.07 Å². The molecule has 2 rings (SSSR count). The van der Waals surface area contributed by atoms with E-state index in [0.29, 0.717) is 5.56 Å². The first-order chi connectivity index (χ1) is 12.9. The van der Waals surface area contributed by atoms with Gasteiger partial charge >= 0.3 is 0 Å². The first-order valence-corrected chi connectivity index (χ1v) is 9.15. The fraction of sp³-hybridized carbons (Fsp3) is 0.333. The summed E-state index contributed by atoms with van der Waals surface area (Å²) in [4.78, 5) is 14.5. The van der Waals surface area contributed by atoms with Crippen molar-refractivity contribution in [1.29, 1.82) is 5.41 Å². The molecule has 0 aliphatic heterocycles. The van der Waals surface area contributed by atoms with Gasteiger partial charge in [0.1, 0.15) is 11.6 Å². The summed E-state index contributed by atoms with van der Waals surface area (Å²) in [6.45, 7) is 6.96. The van der Waals surface area contributed by atoms with E-state index in [0.717, 1.165) is 30.1 Å². The number of nitrogens with two attached hydrogens (primary N) is 1. The Labute approximate surface area is 160 Å². The summed E-state index contributed by atoms with van der Waals surface area (Å²) < 4.78 is 5.61. The monoisotopic (exact) mass is 368 g/mol. The van der Waals surface area contributed by atoms with Gasteiger partial charge in [0.15, 0.2) is 0 Å². The normalized spacial score (nSPS) is 10.5. The minimum Gasteiger partial charge on any atom is -0.491 e. The molecular weight excluding hydrogens is 340 g/mol. The lowest BCUT2D eigenvalue weighted by Crippen LogP contribution is -2.34. The van der Waals surface area contributed by atoms with Crippen LogP contribution in [0, 0.1) is 5.41 Å². The largest absolute Gasteiger partial charge is 0.491 e. The van der Waals surface area contributed by atoms with Gasteiger partial charge in [0.05, 0.1) is 12.6 Å². The van der Waals surface area contributed by atoms with Gasteiger partial charge in [0.2, 0.25) is 5.91 Å². The van der Waals surface area contributed by atoms with Gasteiger partial charge in [-0.15, -0.1) is 0 Å². The van der Waals surface area contributed by atoms with Crippen LogP contribution in [0.1, 0.15) is 32.8 Å². The molecule has 6 heteroatoms.